The van der Waals surface area contributed by atoms with Gasteiger partial charge in [0.1, 0.15) is 5.82 Å². The number of aromatic nitrogens is 2. The summed E-state index contributed by atoms with van der Waals surface area (Å²) in [5.41, 5.74) is 5.52. The van der Waals surface area contributed by atoms with Gasteiger partial charge in [-0.15, -0.1) is 0 Å². The predicted molar refractivity (Wildman–Crippen MR) is 66.2 cm³/mol. The third-order valence-electron chi connectivity index (χ3n) is 1.69. The van der Waals surface area contributed by atoms with Crippen LogP contribution in [0.4, 0.5) is 11.8 Å². The highest BCUT2D eigenvalue weighted by Crippen LogP contribution is 2.11. The van der Waals surface area contributed by atoms with Gasteiger partial charge in [-0.25, -0.2) is 4.98 Å². The molecule has 4 nitrogen and oxygen atoms in total. The van der Waals surface area contributed by atoms with Crippen LogP contribution in [-0.4, -0.2) is 33.7 Å². The summed E-state index contributed by atoms with van der Waals surface area (Å²) in [6.45, 7) is 1.81. The predicted octanol–water partition coefficient (Wildman–Crippen LogP) is 1.66. The normalized spacial score (nSPS) is 10.1. The van der Waals surface area contributed by atoms with Gasteiger partial charge in [-0.2, -0.15) is 4.98 Å². The molecule has 0 atom stereocenters. The van der Waals surface area contributed by atoms with Crippen LogP contribution < -0.4 is 10.6 Å². The van der Waals surface area contributed by atoms with Crippen molar-refractivity contribution in [3.63, 3.8) is 0 Å². The molecule has 1 rings (SSSR count). The Hall–Kier alpha value is -0.360. The van der Waals surface area contributed by atoms with Gasteiger partial charge in [-0.05, 0) is 6.07 Å². The summed E-state index contributed by atoms with van der Waals surface area (Å²) in [4.78, 5) is 10.2. The van der Waals surface area contributed by atoms with E-state index in [2.05, 4.69) is 46.7 Å². The maximum atomic E-state index is 5.52. The Bertz CT molecular complexity index is 276. The zero-order valence-corrected chi connectivity index (χ0v) is 10.8. The lowest BCUT2D eigenvalue weighted by molar-refractivity contribution is 0.860. The summed E-state index contributed by atoms with van der Waals surface area (Å²) < 4.78 is 0. The van der Waals surface area contributed by atoms with E-state index in [0.717, 1.165) is 29.6 Å². The van der Waals surface area contributed by atoms with Crippen molar-refractivity contribution in [1.29, 1.82) is 0 Å². The Morgan fingerprint density at radius 1 is 1.29 bits per heavy atom. The first-order valence-electron chi connectivity index (χ1n) is 4.23. The highest BCUT2D eigenvalue weighted by atomic mass is 79.9. The first kappa shape index (κ1) is 11.7. The van der Waals surface area contributed by atoms with Gasteiger partial charge >= 0.3 is 0 Å². The molecule has 0 saturated heterocycles. The van der Waals surface area contributed by atoms with E-state index in [4.69, 9.17) is 5.73 Å². The molecule has 6 heteroatoms. The zero-order chi connectivity index (χ0) is 10.4. The molecule has 0 aliphatic carbocycles. The molecule has 0 aliphatic rings. The third kappa shape index (κ3) is 3.42. The number of rotatable bonds is 5. The molecule has 2 N–H and O–H groups in total. The van der Waals surface area contributed by atoms with Crippen LogP contribution in [-0.2, 0) is 0 Å². The zero-order valence-electron chi connectivity index (χ0n) is 7.66. The monoisotopic (exact) mass is 322 g/mol. The van der Waals surface area contributed by atoms with E-state index in [9.17, 15) is 0 Å². The second kappa shape index (κ2) is 6.19. The number of alkyl halides is 2. The fourth-order valence-electron chi connectivity index (χ4n) is 1.08. The standard InChI is InChI=1S/C8H12Br2N4/c9-2-5-14(6-3-10)7-1-4-12-8(11)13-7/h1,4H,2-3,5-6H2,(H2,11,12,13). The van der Waals surface area contributed by atoms with Crippen molar-refractivity contribution in [3.05, 3.63) is 12.3 Å². The first-order valence-corrected chi connectivity index (χ1v) is 6.47. The van der Waals surface area contributed by atoms with Crippen molar-refractivity contribution in [2.75, 3.05) is 34.4 Å². The molecule has 0 aliphatic heterocycles. The van der Waals surface area contributed by atoms with E-state index in [1.54, 1.807) is 6.20 Å². The fourth-order valence-corrected chi connectivity index (χ4v) is 1.94. The van der Waals surface area contributed by atoms with Crippen LogP contribution in [0.1, 0.15) is 0 Å². The topological polar surface area (TPSA) is 55.0 Å². The van der Waals surface area contributed by atoms with Crippen molar-refractivity contribution in [1.82, 2.24) is 9.97 Å². The number of nitrogen functional groups attached to an aromatic ring is 1. The van der Waals surface area contributed by atoms with E-state index < -0.39 is 0 Å². The number of halogens is 2. The summed E-state index contributed by atoms with van der Waals surface area (Å²) in [6.07, 6.45) is 1.67. The number of hydrogen-bond acceptors (Lipinski definition) is 4. The average molecular weight is 324 g/mol. The van der Waals surface area contributed by atoms with E-state index in [0.29, 0.717) is 5.95 Å². The van der Waals surface area contributed by atoms with Gasteiger partial charge in [-0.3, -0.25) is 0 Å². The number of hydrogen-bond donors (Lipinski definition) is 1. The molecule has 0 amide bonds. The van der Waals surface area contributed by atoms with E-state index >= 15 is 0 Å². The van der Waals surface area contributed by atoms with Crippen molar-refractivity contribution in [3.8, 4) is 0 Å². The summed E-state index contributed by atoms with van der Waals surface area (Å²) in [5.74, 6) is 1.19. The molecule has 1 aromatic rings. The Labute approximate surface area is 100 Å². The van der Waals surface area contributed by atoms with Crippen molar-refractivity contribution >= 4 is 43.6 Å². The van der Waals surface area contributed by atoms with Gasteiger partial charge in [0.15, 0.2) is 0 Å². The summed E-state index contributed by atoms with van der Waals surface area (Å²) in [5, 5.41) is 1.81. The van der Waals surface area contributed by atoms with E-state index in [-0.39, 0.29) is 0 Å². The van der Waals surface area contributed by atoms with Gasteiger partial charge < -0.3 is 10.6 Å². The molecule has 0 radical (unpaired) electrons. The van der Waals surface area contributed by atoms with Crippen LogP contribution in [0.2, 0.25) is 0 Å². The number of anilines is 2. The smallest absolute Gasteiger partial charge is 0.221 e. The average Bonchev–Trinajstić information content (AvgIpc) is 2.17. The van der Waals surface area contributed by atoms with Crippen molar-refractivity contribution in [2.24, 2.45) is 0 Å². The maximum absolute atomic E-state index is 5.52. The molecule has 0 fully saturated rings. The summed E-state index contributed by atoms with van der Waals surface area (Å²) in [6, 6.07) is 1.86. The second-order valence-corrected chi connectivity index (χ2v) is 4.22. The van der Waals surface area contributed by atoms with Crippen molar-refractivity contribution < 1.29 is 0 Å². The Balaban J connectivity index is 2.75. The van der Waals surface area contributed by atoms with Crippen LogP contribution in [0, 0.1) is 0 Å². The van der Waals surface area contributed by atoms with E-state index in [1.807, 2.05) is 6.07 Å². The molecule has 1 heterocycles. The van der Waals surface area contributed by atoms with E-state index in [1.165, 1.54) is 0 Å². The Morgan fingerprint density at radius 2 is 1.93 bits per heavy atom. The Kier molecular flexibility index (Phi) is 5.17. The highest BCUT2D eigenvalue weighted by molar-refractivity contribution is 9.09. The molecule has 0 unspecified atom stereocenters. The van der Waals surface area contributed by atoms with Crippen LogP contribution in [0.3, 0.4) is 0 Å². The molecular formula is C8H12Br2N4. The summed E-state index contributed by atoms with van der Waals surface area (Å²) in [7, 11) is 0. The van der Waals surface area contributed by atoms with Crippen LogP contribution in [0.25, 0.3) is 0 Å². The highest BCUT2D eigenvalue weighted by Gasteiger charge is 2.06. The minimum Gasteiger partial charge on any atom is -0.368 e. The molecular weight excluding hydrogens is 312 g/mol. The van der Waals surface area contributed by atoms with Gasteiger partial charge in [0.2, 0.25) is 5.95 Å². The summed E-state index contributed by atoms with van der Waals surface area (Å²) >= 11 is 6.81. The molecule has 14 heavy (non-hydrogen) atoms. The van der Waals surface area contributed by atoms with Gasteiger partial charge in [0.05, 0.1) is 0 Å². The van der Waals surface area contributed by atoms with Gasteiger partial charge in [0, 0.05) is 29.9 Å². The van der Waals surface area contributed by atoms with Gasteiger partial charge in [0.25, 0.3) is 0 Å². The lowest BCUT2D eigenvalue weighted by atomic mass is 10.4. The Morgan fingerprint density at radius 3 is 2.43 bits per heavy atom. The van der Waals surface area contributed by atoms with Crippen LogP contribution in [0.15, 0.2) is 12.3 Å². The molecule has 78 valence electrons. The maximum Gasteiger partial charge on any atom is 0.221 e. The minimum atomic E-state index is 0.316. The molecule has 0 bridgehead atoms. The second-order valence-electron chi connectivity index (χ2n) is 2.64. The largest absolute Gasteiger partial charge is 0.368 e. The molecule has 0 aromatic carbocycles. The SMILES string of the molecule is Nc1nccc(N(CCBr)CCBr)n1. The molecule has 0 saturated carbocycles. The third-order valence-corrected chi connectivity index (χ3v) is 2.40. The first-order chi connectivity index (χ1) is 6.77. The number of nitrogens with two attached hydrogens (primary N) is 1. The van der Waals surface area contributed by atoms with Crippen LogP contribution >= 0.6 is 31.9 Å². The lowest BCUT2D eigenvalue weighted by Gasteiger charge is -2.21. The lowest BCUT2D eigenvalue weighted by Crippen LogP contribution is -2.28. The van der Waals surface area contributed by atoms with Crippen LogP contribution in [0.5, 0.6) is 0 Å². The fraction of sp³-hybridized carbons (Fsp3) is 0.500. The molecule has 0 spiro atoms. The van der Waals surface area contributed by atoms with Gasteiger partial charge in [-0.1, -0.05) is 31.9 Å². The minimum absolute atomic E-state index is 0.316. The molecule has 1 aromatic heterocycles. The quantitative estimate of drug-likeness (QED) is 0.837. The number of nitrogens with zero attached hydrogens (tertiary/aromatic N) is 3. The van der Waals surface area contributed by atoms with Crippen molar-refractivity contribution in [2.45, 2.75) is 0 Å².